The SMILES string of the molecule is O=C1CC(CN2CCNCC2)CN1Cc1ccccn1. The molecule has 5 nitrogen and oxygen atoms in total. The van der Waals surface area contributed by atoms with Crippen molar-refractivity contribution >= 4 is 5.91 Å². The third-order valence-electron chi connectivity index (χ3n) is 4.10. The van der Waals surface area contributed by atoms with E-state index in [1.165, 1.54) is 0 Å². The van der Waals surface area contributed by atoms with E-state index in [1.807, 2.05) is 23.1 Å². The van der Waals surface area contributed by atoms with E-state index in [2.05, 4.69) is 15.2 Å². The minimum atomic E-state index is 0.274. The van der Waals surface area contributed by atoms with Gasteiger partial charge in [-0.1, -0.05) is 6.07 Å². The van der Waals surface area contributed by atoms with E-state index < -0.39 is 0 Å². The second kappa shape index (κ2) is 6.33. The number of aromatic nitrogens is 1. The number of rotatable bonds is 4. The van der Waals surface area contributed by atoms with Crippen LogP contribution in [0.15, 0.2) is 24.4 Å². The minimum absolute atomic E-state index is 0.274. The van der Waals surface area contributed by atoms with Crippen molar-refractivity contribution in [2.75, 3.05) is 39.3 Å². The summed E-state index contributed by atoms with van der Waals surface area (Å²) in [7, 11) is 0. The van der Waals surface area contributed by atoms with Crippen LogP contribution >= 0.6 is 0 Å². The smallest absolute Gasteiger partial charge is 0.223 e. The van der Waals surface area contributed by atoms with Gasteiger partial charge in [0.2, 0.25) is 5.91 Å². The third-order valence-corrected chi connectivity index (χ3v) is 4.10. The van der Waals surface area contributed by atoms with E-state index in [1.54, 1.807) is 6.20 Å². The lowest BCUT2D eigenvalue weighted by Gasteiger charge is -2.29. The van der Waals surface area contributed by atoms with Crippen LogP contribution < -0.4 is 5.32 Å². The Morgan fingerprint density at radius 3 is 2.90 bits per heavy atom. The van der Waals surface area contributed by atoms with Gasteiger partial charge in [-0.05, 0) is 18.1 Å². The number of nitrogens with zero attached hydrogens (tertiary/aromatic N) is 3. The number of piperazine rings is 1. The molecule has 108 valence electrons. The topological polar surface area (TPSA) is 48.5 Å². The molecule has 3 heterocycles. The van der Waals surface area contributed by atoms with E-state index >= 15 is 0 Å². The monoisotopic (exact) mass is 274 g/mol. The van der Waals surface area contributed by atoms with Crippen molar-refractivity contribution in [3.8, 4) is 0 Å². The number of carbonyl (C=O) groups is 1. The summed E-state index contributed by atoms with van der Waals surface area (Å²) < 4.78 is 0. The molecule has 2 aliphatic rings. The van der Waals surface area contributed by atoms with Crippen LogP contribution in [0.1, 0.15) is 12.1 Å². The Balaban J connectivity index is 1.52. The Kier molecular flexibility index (Phi) is 4.28. The van der Waals surface area contributed by atoms with E-state index in [0.717, 1.165) is 45.0 Å². The fourth-order valence-corrected chi connectivity index (χ4v) is 3.08. The highest BCUT2D eigenvalue weighted by atomic mass is 16.2. The summed E-state index contributed by atoms with van der Waals surface area (Å²) in [6.07, 6.45) is 2.48. The van der Waals surface area contributed by atoms with Gasteiger partial charge in [0.15, 0.2) is 0 Å². The Morgan fingerprint density at radius 2 is 2.15 bits per heavy atom. The quantitative estimate of drug-likeness (QED) is 0.860. The summed E-state index contributed by atoms with van der Waals surface area (Å²) in [5, 5.41) is 3.36. The molecule has 1 unspecified atom stereocenters. The highest BCUT2D eigenvalue weighted by molar-refractivity contribution is 5.78. The van der Waals surface area contributed by atoms with Crippen molar-refractivity contribution in [2.24, 2.45) is 5.92 Å². The summed E-state index contributed by atoms with van der Waals surface area (Å²) in [5.74, 6) is 0.750. The molecule has 5 heteroatoms. The maximum atomic E-state index is 12.1. The molecule has 1 aromatic rings. The van der Waals surface area contributed by atoms with Crippen LogP contribution in [-0.4, -0.2) is 60.0 Å². The molecule has 0 aliphatic carbocycles. The molecule has 2 fully saturated rings. The van der Waals surface area contributed by atoms with Gasteiger partial charge < -0.3 is 15.1 Å². The summed E-state index contributed by atoms with van der Waals surface area (Å²) in [4.78, 5) is 20.8. The standard InChI is InChI=1S/C15H22N4O/c20-15-9-13(10-18-7-5-16-6-8-18)11-19(15)12-14-3-1-2-4-17-14/h1-4,13,16H,5-12H2. The van der Waals surface area contributed by atoms with Crippen molar-refractivity contribution in [3.05, 3.63) is 30.1 Å². The summed E-state index contributed by atoms with van der Waals surface area (Å²) in [5.41, 5.74) is 0.976. The number of amides is 1. The van der Waals surface area contributed by atoms with Crippen LogP contribution in [0.2, 0.25) is 0 Å². The lowest BCUT2D eigenvalue weighted by Crippen LogP contribution is -2.45. The molecule has 0 spiro atoms. The zero-order chi connectivity index (χ0) is 13.8. The molecule has 2 saturated heterocycles. The molecule has 20 heavy (non-hydrogen) atoms. The van der Waals surface area contributed by atoms with Crippen molar-refractivity contribution < 1.29 is 4.79 Å². The highest BCUT2D eigenvalue weighted by Gasteiger charge is 2.31. The molecule has 1 N–H and O–H groups in total. The number of hydrogen-bond acceptors (Lipinski definition) is 4. The third kappa shape index (κ3) is 3.35. The van der Waals surface area contributed by atoms with Gasteiger partial charge >= 0.3 is 0 Å². The summed E-state index contributed by atoms with van der Waals surface area (Å²) in [6, 6.07) is 5.86. The average Bonchev–Trinajstić information content (AvgIpc) is 2.81. The molecule has 0 radical (unpaired) electrons. The van der Waals surface area contributed by atoms with Gasteiger partial charge in [0.05, 0.1) is 12.2 Å². The molecular weight excluding hydrogens is 252 g/mol. The number of pyridine rings is 1. The number of carbonyl (C=O) groups excluding carboxylic acids is 1. The van der Waals surface area contributed by atoms with Crippen molar-refractivity contribution in [1.29, 1.82) is 0 Å². The Hall–Kier alpha value is -1.46. The van der Waals surface area contributed by atoms with Gasteiger partial charge in [-0.2, -0.15) is 0 Å². The van der Waals surface area contributed by atoms with Gasteiger partial charge in [0, 0.05) is 51.9 Å². The normalized spacial score (nSPS) is 24.3. The average molecular weight is 274 g/mol. The lowest BCUT2D eigenvalue weighted by atomic mass is 10.1. The first kappa shape index (κ1) is 13.5. The van der Waals surface area contributed by atoms with Crippen LogP contribution in [-0.2, 0) is 11.3 Å². The molecule has 0 aromatic carbocycles. The molecule has 3 rings (SSSR count). The van der Waals surface area contributed by atoms with Gasteiger partial charge in [0.25, 0.3) is 0 Å². The minimum Gasteiger partial charge on any atom is -0.336 e. The lowest BCUT2D eigenvalue weighted by molar-refractivity contribution is -0.128. The largest absolute Gasteiger partial charge is 0.336 e. The predicted molar refractivity (Wildman–Crippen MR) is 77.1 cm³/mol. The van der Waals surface area contributed by atoms with Crippen LogP contribution in [0, 0.1) is 5.92 Å². The first-order chi connectivity index (χ1) is 9.81. The second-order valence-corrected chi connectivity index (χ2v) is 5.72. The van der Waals surface area contributed by atoms with Crippen molar-refractivity contribution in [1.82, 2.24) is 20.1 Å². The molecule has 2 aliphatic heterocycles. The number of nitrogens with one attached hydrogen (secondary N) is 1. The van der Waals surface area contributed by atoms with Gasteiger partial charge in [-0.3, -0.25) is 9.78 Å². The van der Waals surface area contributed by atoms with Crippen LogP contribution in [0.4, 0.5) is 0 Å². The van der Waals surface area contributed by atoms with Crippen molar-refractivity contribution in [2.45, 2.75) is 13.0 Å². The first-order valence-electron chi connectivity index (χ1n) is 7.42. The Labute approximate surface area is 120 Å². The zero-order valence-corrected chi connectivity index (χ0v) is 11.8. The number of likely N-dealkylation sites (tertiary alicyclic amines) is 1. The van der Waals surface area contributed by atoms with Crippen LogP contribution in [0.5, 0.6) is 0 Å². The van der Waals surface area contributed by atoms with Crippen molar-refractivity contribution in [3.63, 3.8) is 0 Å². The molecule has 1 amide bonds. The first-order valence-corrected chi connectivity index (χ1v) is 7.42. The summed E-state index contributed by atoms with van der Waals surface area (Å²) >= 11 is 0. The van der Waals surface area contributed by atoms with Gasteiger partial charge in [-0.15, -0.1) is 0 Å². The van der Waals surface area contributed by atoms with Gasteiger partial charge in [0.1, 0.15) is 0 Å². The molecule has 0 bridgehead atoms. The zero-order valence-electron chi connectivity index (χ0n) is 11.8. The predicted octanol–water partition coefficient (Wildman–Crippen LogP) is 0.335. The Bertz CT molecular complexity index is 444. The highest BCUT2D eigenvalue weighted by Crippen LogP contribution is 2.20. The second-order valence-electron chi connectivity index (χ2n) is 5.72. The fraction of sp³-hybridized carbons (Fsp3) is 0.600. The molecule has 1 atom stereocenters. The van der Waals surface area contributed by atoms with Crippen LogP contribution in [0.3, 0.4) is 0 Å². The Morgan fingerprint density at radius 1 is 1.30 bits per heavy atom. The van der Waals surface area contributed by atoms with E-state index in [4.69, 9.17) is 0 Å². The fourth-order valence-electron chi connectivity index (χ4n) is 3.08. The molecular formula is C15H22N4O. The maximum absolute atomic E-state index is 12.1. The van der Waals surface area contributed by atoms with E-state index in [-0.39, 0.29) is 5.91 Å². The molecule has 0 saturated carbocycles. The van der Waals surface area contributed by atoms with Crippen LogP contribution in [0.25, 0.3) is 0 Å². The number of hydrogen-bond donors (Lipinski definition) is 1. The van der Waals surface area contributed by atoms with Gasteiger partial charge in [-0.25, -0.2) is 0 Å². The summed E-state index contributed by atoms with van der Waals surface area (Å²) in [6.45, 7) is 6.91. The van der Waals surface area contributed by atoms with E-state index in [9.17, 15) is 4.79 Å². The maximum Gasteiger partial charge on any atom is 0.223 e. The van der Waals surface area contributed by atoms with E-state index in [0.29, 0.717) is 18.9 Å². The molecule has 1 aromatic heterocycles.